The minimum atomic E-state index is -4.38. The summed E-state index contributed by atoms with van der Waals surface area (Å²) in [5.74, 6) is -0.842. The van der Waals surface area contributed by atoms with Crippen molar-refractivity contribution in [3.05, 3.63) is 36.5 Å². The SMILES string of the molecule is CCCCC/C=C\C/C=C\CCCCCCCCCCCC(=O)OC[C@H](COP(=O)(O)OCCN)OC(=O)CCCCCCC/C=C\CCCCCC. The highest BCUT2D eigenvalue weighted by Crippen LogP contribution is 2.43. The molecule has 0 radical (unpaired) electrons. The molecule has 9 nitrogen and oxygen atoms in total. The van der Waals surface area contributed by atoms with E-state index in [9.17, 15) is 19.0 Å². The van der Waals surface area contributed by atoms with Gasteiger partial charge in [0.15, 0.2) is 6.10 Å². The summed E-state index contributed by atoms with van der Waals surface area (Å²) in [5.41, 5.74) is 5.34. The smallest absolute Gasteiger partial charge is 0.462 e. The quantitative estimate of drug-likeness (QED) is 0.0270. The Bertz CT molecular complexity index is 970. The van der Waals surface area contributed by atoms with Crippen LogP contribution in [0.5, 0.6) is 0 Å². The highest BCUT2D eigenvalue weighted by Gasteiger charge is 2.26. The maximum Gasteiger partial charge on any atom is 0.472 e. The molecule has 0 fully saturated rings. The molecule has 0 saturated heterocycles. The minimum absolute atomic E-state index is 0.0513. The van der Waals surface area contributed by atoms with Crippen LogP contribution in [0.4, 0.5) is 0 Å². The Morgan fingerprint density at radius 3 is 1.49 bits per heavy atom. The second-order valence-electron chi connectivity index (χ2n) is 14.2. The van der Waals surface area contributed by atoms with Crippen molar-refractivity contribution < 1.29 is 37.6 Å². The number of carbonyl (C=O) groups is 2. The fraction of sp³-hybridized carbons (Fsp3) is 0.814. The number of hydrogen-bond donors (Lipinski definition) is 2. The lowest BCUT2D eigenvalue weighted by atomic mass is 10.1. The van der Waals surface area contributed by atoms with Gasteiger partial charge in [0, 0.05) is 19.4 Å². The summed E-state index contributed by atoms with van der Waals surface area (Å²) in [6, 6.07) is 0. The summed E-state index contributed by atoms with van der Waals surface area (Å²) in [5, 5.41) is 0. The summed E-state index contributed by atoms with van der Waals surface area (Å²) in [7, 11) is -4.38. The van der Waals surface area contributed by atoms with Crippen molar-refractivity contribution >= 4 is 19.8 Å². The number of ether oxygens (including phenoxy) is 2. The number of allylic oxidation sites excluding steroid dienone is 6. The van der Waals surface area contributed by atoms with Crippen LogP contribution in [0.25, 0.3) is 0 Å². The molecule has 53 heavy (non-hydrogen) atoms. The van der Waals surface area contributed by atoms with Gasteiger partial charge in [0.25, 0.3) is 0 Å². The largest absolute Gasteiger partial charge is 0.472 e. The molecule has 310 valence electrons. The van der Waals surface area contributed by atoms with Gasteiger partial charge in [-0.2, -0.15) is 0 Å². The molecule has 0 heterocycles. The Kier molecular flexibility index (Phi) is 38.6. The van der Waals surface area contributed by atoms with Crippen LogP contribution in [0.15, 0.2) is 36.5 Å². The Hall–Kier alpha value is -1.77. The number of rotatable bonds is 40. The van der Waals surface area contributed by atoms with Crippen LogP contribution in [-0.4, -0.2) is 49.3 Å². The van der Waals surface area contributed by atoms with Crippen LogP contribution in [0.3, 0.4) is 0 Å². The summed E-state index contributed by atoms with van der Waals surface area (Å²) in [6.07, 6.45) is 43.1. The molecule has 0 aliphatic heterocycles. The molecule has 0 aromatic carbocycles. The molecule has 0 aliphatic carbocycles. The standard InChI is InChI=1S/C43H80NO8P/c1-3-5-7-9-11-13-15-17-18-19-20-21-22-24-25-27-29-31-33-35-42(45)49-39-41(40-51-53(47,48)50-38-37-44)52-43(46)36-34-32-30-28-26-23-16-14-12-10-8-6-4-2/h11,13-14,16-18,41H,3-10,12,15,19-40,44H2,1-2H3,(H,47,48)/b13-11-,16-14-,18-17-/t41-/m1/s1. The fourth-order valence-electron chi connectivity index (χ4n) is 5.78. The molecule has 0 aromatic heterocycles. The summed E-state index contributed by atoms with van der Waals surface area (Å²) < 4.78 is 32.7. The Balaban J connectivity index is 4.14. The molecule has 0 spiro atoms. The molecule has 0 saturated carbocycles. The van der Waals surface area contributed by atoms with Gasteiger partial charge in [-0.3, -0.25) is 18.6 Å². The van der Waals surface area contributed by atoms with Gasteiger partial charge in [-0.15, -0.1) is 0 Å². The zero-order valence-corrected chi connectivity index (χ0v) is 34.9. The van der Waals surface area contributed by atoms with E-state index in [-0.39, 0.29) is 38.6 Å². The van der Waals surface area contributed by atoms with E-state index in [4.69, 9.17) is 24.3 Å². The molecular formula is C43H80NO8P. The maximum absolute atomic E-state index is 12.5. The van der Waals surface area contributed by atoms with E-state index in [1.165, 1.54) is 103 Å². The third kappa shape index (κ3) is 39.7. The first kappa shape index (κ1) is 51.2. The molecule has 2 atom stereocenters. The van der Waals surface area contributed by atoms with E-state index in [2.05, 4.69) is 50.3 Å². The molecular weight excluding hydrogens is 689 g/mol. The first-order chi connectivity index (χ1) is 25.8. The number of unbranched alkanes of at least 4 members (excludes halogenated alkanes) is 21. The third-order valence-corrected chi connectivity index (χ3v) is 9.98. The number of esters is 2. The normalized spacial score (nSPS) is 13.7. The summed E-state index contributed by atoms with van der Waals surface area (Å²) >= 11 is 0. The van der Waals surface area contributed by atoms with Crippen molar-refractivity contribution in [2.24, 2.45) is 5.73 Å². The fourth-order valence-corrected chi connectivity index (χ4v) is 6.54. The molecule has 0 amide bonds. The van der Waals surface area contributed by atoms with Crippen LogP contribution in [0.2, 0.25) is 0 Å². The zero-order chi connectivity index (χ0) is 38.9. The number of phosphoric acid groups is 1. The van der Waals surface area contributed by atoms with E-state index in [0.29, 0.717) is 6.42 Å². The van der Waals surface area contributed by atoms with E-state index in [0.717, 1.165) is 57.8 Å². The van der Waals surface area contributed by atoms with Crippen molar-refractivity contribution in [2.45, 2.75) is 200 Å². The number of phosphoric ester groups is 1. The van der Waals surface area contributed by atoms with Gasteiger partial charge in [0.1, 0.15) is 6.61 Å². The van der Waals surface area contributed by atoms with Gasteiger partial charge in [-0.1, -0.05) is 147 Å². The van der Waals surface area contributed by atoms with E-state index >= 15 is 0 Å². The first-order valence-electron chi connectivity index (χ1n) is 21.5. The molecule has 1 unspecified atom stereocenters. The van der Waals surface area contributed by atoms with Gasteiger partial charge in [0.05, 0.1) is 13.2 Å². The van der Waals surface area contributed by atoms with E-state index in [1.807, 2.05) is 0 Å². The Morgan fingerprint density at radius 2 is 0.981 bits per heavy atom. The molecule has 10 heteroatoms. The van der Waals surface area contributed by atoms with Crippen LogP contribution in [0, 0.1) is 0 Å². The van der Waals surface area contributed by atoms with E-state index < -0.39 is 26.5 Å². The average Bonchev–Trinajstić information content (AvgIpc) is 3.14. The van der Waals surface area contributed by atoms with Gasteiger partial charge < -0.3 is 20.1 Å². The number of nitrogens with two attached hydrogens (primary N) is 1. The van der Waals surface area contributed by atoms with Gasteiger partial charge in [-0.25, -0.2) is 4.57 Å². The van der Waals surface area contributed by atoms with Crippen molar-refractivity contribution in [1.29, 1.82) is 0 Å². The topological polar surface area (TPSA) is 134 Å². The minimum Gasteiger partial charge on any atom is -0.462 e. The van der Waals surface area contributed by atoms with Crippen LogP contribution in [0.1, 0.15) is 194 Å². The highest BCUT2D eigenvalue weighted by molar-refractivity contribution is 7.47. The van der Waals surface area contributed by atoms with Crippen molar-refractivity contribution in [1.82, 2.24) is 0 Å². The van der Waals surface area contributed by atoms with Crippen LogP contribution < -0.4 is 5.73 Å². The first-order valence-corrected chi connectivity index (χ1v) is 23.0. The summed E-state index contributed by atoms with van der Waals surface area (Å²) in [6.45, 7) is 3.68. The summed E-state index contributed by atoms with van der Waals surface area (Å²) in [4.78, 5) is 34.8. The molecule has 0 bridgehead atoms. The third-order valence-electron chi connectivity index (χ3n) is 9.00. The van der Waals surface area contributed by atoms with Crippen molar-refractivity contribution in [2.75, 3.05) is 26.4 Å². The lowest BCUT2D eigenvalue weighted by Gasteiger charge is -2.19. The van der Waals surface area contributed by atoms with Crippen LogP contribution >= 0.6 is 7.82 Å². The average molecular weight is 770 g/mol. The highest BCUT2D eigenvalue weighted by atomic mass is 31.2. The Labute approximate surface area is 324 Å². The lowest BCUT2D eigenvalue weighted by Crippen LogP contribution is -2.29. The zero-order valence-electron chi connectivity index (χ0n) is 34.0. The second-order valence-corrected chi connectivity index (χ2v) is 15.7. The van der Waals surface area contributed by atoms with E-state index in [1.54, 1.807) is 0 Å². The predicted octanol–water partition coefficient (Wildman–Crippen LogP) is 12.2. The molecule has 0 aromatic rings. The van der Waals surface area contributed by atoms with Gasteiger partial charge in [0.2, 0.25) is 0 Å². The maximum atomic E-state index is 12.5. The predicted molar refractivity (Wildman–Crippen MR) is 220 cm³/mol. The van der Waals surface area contributed by atoms with Gasteiger partial charge in [-0.05, 0) is 70.6 Å². The molecule has 3 N–H and O–H groups in total. The van der Waals surface area contributed by atoms with Gasteiger partial charge >= 0.3 is 19.8 Å². The molecule has 0 rings (SSSR count). The monoisotopic (exact) mass is 770 g/mol. The van der Waals surface area contributed by atoms with Crippen molar-refractivity contribution in [3.63, 3.8) is 0 Å². The van der Waals surface area contributed by atoms with Crippen LogP contribution in [-0.2, 0) is 32.7 Å². The lowest BCUT2D eigenvalue weighted by molar-refractivity contribution is -0.161. The number of carbonyl (C=O) groups excluding carboxylic acids is 2. The number of hydrogen-bond acceptors (Lipinski definition) is 8. The second kappa shape index (κ2) is 39.9. The Morgan fingerprint density at radius 1 is 0.566 bits per heavy atom. The molecule has 0 aliphatic rings. The van der Waals surface area contributed by atoms with Crippen molar-refractivity contribution in [3.8, 4) is 0 Å².